The van der Waals surface area contributed by atoms with Crippen molar-refractivity contribution in [1.82, 2.24) is 4.72 Å². The number of nitrogens with two attached hydrogens (primary N) is 1. The highest BCUT2D eigenvalue weighted by atomic mass is 32.2. The van der Waals surface area contributed by atoms with Gasteiger partial charge in [0.25, 0.3) is 15.9 Å². The Hall–Kier alpha value is -2.19. The predicted molar refractivity (Wildman–Crippen MR) is 94.7 cm³/mol. The van der Waals surface area contributed by atoms with Crippen LogP contribution in [0.4, 0.5) is 0 Å². The molecule has 1 fully saturated rings. The van der Waals surface area contributed by atoms with E-state index >= 15 is 0 Å². The van der Waals surface area contributed by atoms with Crippen LogP contribution in [0.15, 0.2) is 46.7 Å². The van der Waals surface area contributed by atoms with Crippen LogP contribution in [0.25, 0.3) is 0 Å². The molecule has 1 aliphatic carbocycles. The van der Waals surface area contributed by atoms with Crippen molar-refractivity contribution >= 4 is 33.2 Å². The van der Waals surface area contributed by atoms with Crippen LogP contribution in [0.5, 0.6) is 0 Å². The van der Waals surface area contributed by atoms with E-state index in [0.29, 0.717) is 12.8 Å². The van der Waals surface area contributed by atoms with Crippen molar-refractivity contribution in [3.63, 3.8) is 0 Å². The van der Waals surface area contributed by atoms with E-state index < -0.39 is 21.8 Å². The van der Waals surface area contributed by atoms with E-state index in [1.54, 1.807) is 0 Å². The van der Waals surface area contributed by atoms with Crippen LogP contribution in [-0.4, -0.2) is 20.2 Å². The quantitative estimate of drug-likeness (QED) is 0.832. The third-order valence-corrected chi connectivity index (χ3v) is 7.34. The van der Waals surface area contributed by atoms with Gasteiger partial charge in [-0.25, -0.2) is 13.1 Å². The fraction of sp³-hybridized carbons (Fsp3) is 0.294. The topological polar surface area (TPSA) is 106 Å². The van der Waals surface area contributed by atoms with Gasteiger partial charge in [0.1, 0.15) is 4.21 Å². The molecule has 0 unspecified atom stereocenters. The van der Waals surface area contributed by atoms with Gasteiger partial charge in [-0.15, -0.1) is 11.3 Å². The number of primary amides is 1. The second-order valence-corrected chi connectivity index (χ2v) is 9.06. The van der Waals surface area contributed by atoms with E-state index in [1.165, 1.54) is 17.7 Å². The fourth-order valence-electron chi connectivity index (χ4n) is 3.11. The maximum Gasteiger partial charge on any atom is 0.273 e. The maximum absolute atomic E-state index is 12.4. The Balaban J connectivity index is 1.66. The first-order chi connectivity index (χ1) is 11.9. The van der Waals surface area contributed by atoms with Crippen molar-refractivity contribution < 1.29 is 18.0 Å². The van der Waals surface area contributed by atoms with Gasteiger partial charge >= 0.3 is 0 Å². The summed E-state index contributed by atoms with van der Waals surface area (Å²) in [6, 6.07) is 12.5. The zero-order chi connectivity index (χ0) is 18.0. The molecule has 0 saturated heterocycles. The average Bonchev–Trinajstić information content (AvgIpc) is 3.25. The lowest BCUT2D eigenvalue weighted by Gasteiger charge is -2.12. The smallest absolute Gasteiger partial charge is 0.273 e. The van der Waals surface area contributed by atoms with Crippen LogP contribution in [0.3, 0.4) is 0 Å². The first-order valence-electron chi connectivity index (χ1n) is 7.88. The molecule has 0 bridgehead atoms. The SMILES string of the molecule is NC(=O)c1ccc(S(=O)(=O)NC(=O)[C@@H]2CC[C@@H](c3ccccc3)C2)s1. The summed E-state index contributed by atoms with van der Waals surface area (Å²) in [7, 11) is -3.98. The van der Waals surface area contributed by atoms with Crippen LogP contribution >= 0.6 is 11.3 Å². The summed E-state index contributed by atoms with van der Waals surface area (Å²) >= 11 is 0.753. The summed E-state index contributed by atoms with van der Waals surface area (Å²) in [4.78, 5) is 23.6. The van der Waals surface area contributed by atoms with Crippen molar-refractivity contribution in [3.8, 4) is 0 Å². The third kappa shape index (κ3) is 3.91. The third-order valence-electron chi connectivity index (χ3n) is 4.40. The largest absolute Gasteiger partial charge is 0.365 e. The van der Waals surface area contributed by atoms with Gasteiger partial charge < -0.3 is 5.73 Å². The van der Waals surface area contributed by atoms with E-state index in [2.05, 4.69) is 4.72 Å². The maximum atomic E-state index is 12.4. The normalized spacial score (nSPS) is 20.3. The minimum Gasteiger partial charge on any atom is -0.365 e. The number of sulfonamides is 1. The fourth-order valence-corrected chi connectivity index (χ4v) is 5.31. The summed E-state index contributed by atoms with van der Waals surface area (Å²) in [5, 5.41) is 0. The molecular weight excluding hydrogens is 360 g/mol. The molecule has 1 heterocycles. The highest BCUT2D eigenvalue weighted by Crippen LogP contribution is 2.38. The molecule has 3 N–H and O–H groups in total. The van der Waals surface area contributed by atoms with Gasteiger partial charge in [0.2, 0.25) is 5.91 Å². The first kappa shape index (κ1) is 17.6. The Morgan fingerprint density at radius 1 is 1.08 bits per heavy atom. The minimum atomic E-state index is -3.98. The van der Waals surface area contributed by atoms with E-state index in [9.17, 15) is 18.0 Å². The van der Waals surface area contributed by atoms with Crippen molar-refractivity contribution in [2.75, 3.05) is 0 Å². The summed E-state index contributed by atoms with van der Waals surface area (Å²) < 4.78 is 26.7. The first-order valence-corrected chi connectivity index (χ1v) is 10.2. The molecule has 1 aromatic carbocycles. The van der Waals surface area contributed by atoms with Gasteiger partial charge in [-0.1, -0.05) is 30.3 Å². The van der Waals surface area contributed by atoms with Gasteiger partial charge in [0.15, 0.2) is 0 Å². The van der Waals surface area contributed by atoms with Crippen molar-refractivity contribution in [2.45, 2.75) is 29.4 Å². The van der Waals surface area contributed by atoms with Crippen molar-refractivity contribution in [2.24, 2.45) is 11.7 Å². The lowest BCUT2D eigenvalue weighted by atomic mass is 9.96. The number of thiophene rings is 1. The Morgan fingerprint density at radius 3 is 2.44 bits per heavy atom. The second-order valence-electron chi connectivity index (χ2n) is 6.07. The molecule has 1 saturated carbocycles. The van der Waals surface area contributed by atoms with E-state index in [0.717, 1.165) is 17.8 Å². The number of rotatable bonds is 5. The molecule has 1 aromatic heterocycles. The number of nitrogens with one attached hydrogen (secondary N) is 1. The van der Waals surface area contributed by atoms with Crippen LogP contribution in [-0.2, 0) is 14.8 Å². The van der Waals surface area contributed by atoms with Gasteiger partial charge in [0.05, 0.1) is 4.88 Å². The summed E-state index contributed by atoms with van der Waals surface area (Å²) in [5.41, 5.74) is 6.30. The second kappa shape index (κ2) is 6.97. The van der Waals surface area contributed by atoms with Gasteiger partial charge in [-0.2, -0.15) is 0 Å². The Morgan fingerprint density at radius 2 is 1.80 bits per heavy atom. The number of hydrogen-bond acceptors (Lipinski definition) is 5. The molecule has 132 valence electrons. The average molecular weight is 378 g/mol. The molecule has 0 aliphatic heterocycles. The predicted octanol–water partition coefficient (Wildman–Crippen LogP) is 2.24. The highest BCUT2D eigenvalue weighted by Gasteiger charge is 2.33. The number of amides is 2. The van der Waals surface area contributed by atoms with E-state index in [-0.39, 0.29) is 20.9 Å². The Bertz CT molecular complexity index is 890. The number of benzene rings is 1. The molecule has 2 amide bonds. The van der Waals surface area contributed by atoms with Gasteiger partial charge in [-0.05, 0) is 42.9 Å². The molecule has 25 heavy (non-hydrogen) atoms. The number of hydrogen-bond donors (Lipinski definition) is 2. The zero-order valence-electron chi connectivity index (χ0n) is 13.3. The molecular formula is C17H18N2O4S2. The summed E-state index contributed by atoms with van der Waals surface area (Å²) in [6.45, 7) is 0. The Kier molecular flexibility index (Phi) is 4.91. The molecule has 8 heteroatoms. The molecule has 0 radical (unpaired) electrons. The number of carbonyl (C=O) groups is 2. The minimum absolute atomic E-state index is 0.0905. The van der Waals surface area contributed by atoms with Gasteiger partial charge in [-0.3, -0.25) is 9.59 Å². The van der Waals surface area contributed by atoms with Crippen molar-refractivity contribution in [1.29, 1.82) is 0 Å². The molecule has 1 aliphatic rings. The van der Waals surface area contributed by atoms with E-state index in [4.69, 9.17) is 5.73 Å². The summed E-state index contributed by atoms with van der Waals surface area (Å²) in [5.74, 6) is -1.26. The summed E-state index contributed by atoms with van der Waals surface area (Å²) in [6.07, 6.45) is 2.13. The zero-order valence-corrected chi connectivity index (χ0v) is 15.0. The molecule has 3 rings (SSSR count). The monoisotopic (exact) mass is 378 g/mol. The Labute approximate surface area is 150 Å². The van der Waals surface area contributed by atoms with E-state index in [1.807, 2.05) is 30.3 Å². The van der Waals surface area contributed by atoms with Crippen LogP contribution in [0.1, 0.15) is 40.4 Å². The van der Waals surface area contributed by atoms with Crippen molar-refractivity contribution in [3.05, 3.63) is 52.9 Å². The molecule has 2 aromatic rings. The standard InChI is InChI=1S/C17H18N2O4S2/c18-16(20)14-8-9-15(24-14)25(22,23)19-17(21)13-7-6-12(10-13)11-4-2-1-3-5-11/h1-5,8-9,12-13H,6-7,10H2,(H2,18,20)(H,19,21)/t12-,13-/m1/s1. The van der Waals surface area contributed by atoms with Crippen LogP contribution in [0.2, 0.25) is 0 Å². The van der Waals surface area contributed by atoms with Gasteiger partial charge in [0, 0.05) is 5.92 Å². The van der Waals surface area contributed by atoms with Crippen LogP contribution in [0, 0.1) is 5.92 Å². The number of carbonyl (C=O) groups excluding carboxylic acids is 2. The highest BCUT2D eigenvalue weighted by molar-refractivity contribution is 7.92. The van der Waals surface area contributed by atoms with Crippen LogP contribution < -0.4 is 10.5 Å². The lowest BCUT2D eigenvalue weighted by molar-refractivity contribution is -0.123. The molecule has 2 atom stereocenters. The molecule has 6 nitrogen and oxygen atoms in total. The lowest BCUT2D eigenvalue weighted by Crippen LogP contribution is -2.34. The molecule has 0 spiro atoms.